The molecule has 0 fully saturated rings. The minimum Gasteiger partial charge on any atom is -0.369 e. The van der Waals surface area contributed by atoms with E-state index >= 15 is 0 Å². The number of nitriles is 1. The summed E-state index contributed by atoms with van der Waals surface area (Å²) >= 11 is 0. The molecule has 0 aliphatic carbocycles. The maximum Gasteiger partial charge on any atom is 0.110 e. The molecule has 80 valence electrons. The summed E-state index contributed by atoms with van der Waals surface area (Å²) in [4.78, 5) is 2.13. The van der Waals surface area contributed by atoms with Crippen molar-refractivity contribution in [3.63, 3.8) is 0 Å². The molecule has 1 rings (SSSR count). The molecule has 1 aromatic carbocycles. The zero-order chi connectivity index (χ0) is 11.3. The predicted molar refractivity (Wildman–Crippen MR) is 62.7 cm³/mol. The van der Waals surface area contributed by atoms with Gasteiger partial charge >= 0.3 is 0 Å². The first-order valence-corrected chi connectivity index (χ1v) is 5.14. The van der Waals surface area contributed by atoms with E-state index in [2.05, 4.69) is 36.9 Å². The Hall–Kier alpha value is -1.53. The van der Waals surface area contributed by atoms with Crippen molar-refractivity contribution in [2.45, 2.75) is 19.9 Å². The van der Waals surface area contributed by atoms with Crippen molar-refractivity contribution in [2.24, 2.45) is 5.73 Å². The number of anilines is 1. The number of hydrogen-bond donors (Lipinski definition) is 1. The zero-order valence-electron chi connectivity index (χ0n) is 9.27. The zero-order valence-corrected chi connectivity index (χ0v) is 9.27. The van der Waals surface area contributed by atoms with Gasteiger partial charge in [0.2, 0.25) is 0 Å². The summed E-state index contributed by atoms with van der Waals surface area (Å²) in [6.07, 6.45) is 0. The summed E-state index contributed by atoms with van der Waals surface area (Å²) < 4.78 is 0. The Morgan fingerprint density at radius 2 is 2.13 bits per heavy atom. The summed E-state index contributed by atoms with van der Waals surface area (Å²) in [6, 6.07) is 9.77. The van der Waals surface area contributed by atoms with Crippen LogP contribution < -0.4 is 10.6 Å². The van der Waals surface area contributed by atoms with Gasteiger partial charge in [-0.2, -0.15) is 5.26 Å². The average molecular weight is 203 g/mol. The van der Waals surface area contributed by atoms with Crippen LogP contribution in [0.15, 0.2) is 24.3 Å². The van der Waals surface area contributed by atoms with Crippen LogP contribution in [0.25, 0.3) is 0 Å². The minimum atomic E-state index is -0.426. The van der Waals surface area contributed by atoms with E-state index in [9.17, 15) is 0 Å². The molecule has 1 unspecified atom stereocenters. The molecule has 15 heavy (non-hydrogen) atoms. The van der Waals surface area contributed by atoms with E-state index in [1.165, 1.54) is 5.56 Å². The van der Waals surface area contributed by atoms with Gasteiger partial charge in [0.25, 0.3) is 0 Å². The van der Waals surface area contributed by atoms with Crippen LogP contribution in [0.2, 0.25) is 0 Å². The maximum atomic E-state index is 8.69. The summed E-state index contributed by atoms with van der Waals surface area (Å²) in [5.74, 6) is 0. The molecule has 1 atom stereocenters. The van der Waals surface area contributed by atoms with Crippen molar-refractivity contribution in [2.75, 3.05) is 18.0 Å². The van der Waals surface area contributed by atoms with Gasteiger partial charge in [-0.1, -0.05) is 18.2 Å². The van der Waals surface area contributed by atoms with E-state index < -0.39 is 6.04 Å². The Labute approximate surface area is 91.1 Å². The van der Waals surface area contributed by atoms with Gasteiger partial charge < -0.3 is 10.6 Å². The lowest BCUT2D eigenvalue weighted by Gasteiger charge is -2.25. The van der Waals surface area contributed by atoms with E-state index in [4.69, 9.17) is 11.0 Å². The molecule has 3 heteroatoms. The molecule has 0 aliphatic heterocycles. The van der Waals surface area contributed by atoms with Crippen molar-refractivity contribution in [3.8, 4) is 6.07 Å². The molecule has 3 nitrogen and oxygen atoms in total. The predicted octanol–water partition coefficient (Wildman–Crippen LogP) is 1.67. The fourth-order valence-electron chi connectivity index (χ4n) is 1.59. The van der Waals surface area contributed by atoms with Gasteiger partial charge in [-0.15, -0.1) is 0 Å². The Morgan fingerprint density at radius 3 is 2.67 bits per heavy atom. The fourth-order valence-corrected chi connectivity index (χ4v) is 1.59. The smallest absolute Gasteiger partial charge is 0.110 e. The van der Waals surface area contributed by atoms with Gasteiger partial charge in [-0.3, -0.25) is 0 Å². The second kappa shape index (κ2) is 5.38. The lowest BCUT2D eigenvalue weighted by Crippen LogP contribution is -2.36. The van der Waals surface area contributed by atoms with Crippen LogP contribution in [0, 0.1) is 18.3 Å². The van der Waals surface area contributed by atoms with Crippen LogP contribution in [-0.2, 0) is 0 Å². The van der Waals surface area contributed by atoms with Gasteiger partial charge in [0.15, 0.2) is 0 Å². The Morgan fingerprint density at radius 1 is 1.47 bits per heavy atom. The molecule has 2 N–H and O–H groups in total. The molecular weight excluding hydrogens is 186 g/mol. The first-order valence-electron chi connectivity index (χ1n) is 5.14. The number of likely N-dealkylation sites (N-methyl/N-ethyl adjacent to an activating group) is 1. The molecule has 0 saturated heterocycles. The van der Waals surface area contributed by atoms with Gasteiger partial charge in [-0.05, 0) is 25.5 Å². The molecule has 0 amide bonds. The van der Waals surface area contributed by atoms with Crippen molar-refractivity contribution in [1.29, 1.82) is 5.26 Å². The van der Waals surface area contributed by atoms with E-state index in [0.29, 0.717) is 6.54 Å². The third-order valence-electron chi connectivity index (χ3n) is 2.42. The molecule has 1 aromatic rings. The molecule has 0 spiro atoms. The molecule has 0 saturated carbocycles. The fraction of sp³-hybridized carbons (Fsp3) is 0.417. The first kappa shape index (κ1) is 11.5. The lowest BCUT2D eigenvalue weighted by molar-refractivity contribution is 0.742. The van der Waals surface area contributed by atoms with Crippen LogP contribution in [0.1, 0.15) is 12.5 Å². The van der Waals surface area contributed by atoms with E-state index in [-0.39, 0.29) is 0 Å². The maximum absolute atomic E-state index is 8.69. The number of aryl methyl sites for hydroxylation is 1. The van der Waals surface area contributed by atoms with Crippen molar-refractivity contribution < 1.29 is 0 Å². The lowest BCUT2D eigenvalue weighted by atomic mass is 10.1. The Kier molecular flexibility index (Phi) is 4.14. The summed E-state index contributed by atoms with van der Waals surface area (Å²) in [7, 11) is 0. The highest BCUT2D eigenvalue weighted by atomic mass is 15.1. The van der Waals surface area contributed by atoms with E-state index in [1.807, 2.05) is 12.1 Å². The van der Waals surface area contributed by atoms with Gasteiger partial charge in [-0.25, -0.2) is 0 Å². The number of para-hydroxylation sites is 1. The molecule has 0 aromatic heterocycles. The van der Waals surface area contributed by atoms with E-state index in [0.717, 1.165) is 12.2 Å². The number of benzene rings is 1. The SMILES string of the molecule is CCN(CC(N)C#N)c1ccccc1C. The molecule has 0 heterocycles. The van der Waals surface area contributed by atoms with Gasteiger partial charge in [0, 0.05) is 18.8 Å². The van der Waals surface area contributed by atoms with Crippen LogP contribution in [-0.4, -0.2) is 19.1 Å². The van der Waals surface area contributed by atoms with Crippen molar-refractivity contribution in [3.05, 3.63) is 29.8 Å². The second-order valence-corrected chi connectivity index (χ2v) is 3.56. The second-order valence-electron chi connectivity index (χ2n) is 3.56. The number of nitrogens with two attached hydrogens (primary N) is 1. The van der Waals surface area contributed by atoms with Gasteiger partial charge in [0.05, 0.1) is 6.07 Å². The highest BCUT2D eigenvalue weighted by Crippen LogP contribution is 2.18. The van der Waals surface area contributed by atoms with E-state index in [1.54, 1.807) is 0 Å². The highest BCUT2D eigenvalue weighted by molar-refractivity contribution is 5.53. The average Bonchev–Trinajstić information content (AvgIpc) is 2.26. The number of hydrogen-bond acceptors (Lipinski definition) is 3. The van der Waals surface area contributed by atoms with Crippen LogP contribution in [0.3, 0.4) is 0 Å². The van der Waals surface area contributed by atoms with Crippen molar-refractivity contribution >= 4 is 5.69 Å². The van der Waals surface area contributed by atoms with Crippen LogP contribution >= 0.6 is 0 Å². The monoisotopic (exact) mass is 203 g/mol. The quantitative estimate of drug-likeness (QED) is 0.810. The molecule has 0 bridgehead atoms. The molecule has 0 radical (unpaired) electrons. The van der Waals surface area contributed by atoms with Crippen molar-refractivity contribution in [1.82, 2.24) is 0 Å². The summed E-state index contributed by atoms with van der Waals surface area (Å²) in [5, 5.41) is 8.69. The van der Waals surface area contributed by atoms with Crippen LogP contribution in [0.4, 0.5) is 5.69 Å². The summed E-state index contributed by atoms with van der Waals surface area (Å²) in [5.41, 5.74) is 8.00. The topological polar surface area (TPSA) is 53.0 Å². The first-order chi connectivity index (χ1) is 7.19. The Bertz CT molecular complexity index is 354. The number of rotatable bonds is 4. The third-order valence-corrected chi connectivity index (χ3v) is 2.42. The normalized spacial score (nSPS) is 11.9. The Balaban J connectivity index is 2.84. The van der Waals surface area contributed by atoms with Gasteiger partial charge in [0.1, 0.15) is 6.04 Å². The molecular formula is C12H17N3. The standard InChI is InChI=1S/C12H17N3/c1-3-15(9-11(14)8-13)12-7-5-4-6-10(12)2/h4-7,11H,3,9,14H2,1-2H3. The molecule has 0 aliphatic rings. The number of nitrogens with zero attached hydrogens (tertiary/aromatic N) is 2. The highest BCUT2D eigenvalue weighted by Gasteiger charge is 2.10. The largest absolute Gasteiger partial charge is 0.369 e. The summed E-state index contributed by atoms with van der Waals surface area (Å²) in [6.45, 7) is 5.57. The van der Waals surface area contributed by atoms with Crippen LogP contribution in [0.5, 0.6) is 0 Å². The minimum absolute atomic E-state index is 0.426. The third kappa shape index (κ3) is 2.97.